The fraction of sp³-hybridized carbons (Fsp3) is 0.524. The van der Waals surface area contributed by atoms with Crippen LogP contribution in [-0.4, -0.2) is 48.7 Å². The number of ether oxygens (including phenoxy) is 1. The third-order valence-electron chi connectivity index (χ3n) is 5.47. The van der Waals surface area contributed by atoms with Crippen molar-refractivity contribution in [1.29, 1.82) is 0 Å². The summed E-state index contributed by atoms with van der Waals surface area (Å²) in [4.78, 5) is 8.39. The van der Waals surface area contributed by atoms with Crippen molar-refractivity contribution in [3.8, 4) is 0 Å². The molecule has 9 heteroatoms. The SMILES string of the molecule is CCCN(Cc1ccc(C2(NCc3cnccn3)CCOCC2)cc1F)S(C)(=O)=O. The van der Waals surface area contributed by atoms with Gasteiger partial charge in [0.05, 0.1) is 11.9 Å². The summed E-state index contributed by atoms with van der Waals surface area (Å²) in [6, 6.07) is 5.11. The lowest BCUT2D eigenvalue weighted by Gasteiger charge is -2.39. The number of halogens is 1. The summed E-state index contributed by atoms with van der Waals surface area (Å²) in [5.74, 6) is -0.399. The van der Waals surface area contributed by atoms with Gasteiger partial charge in [0.15, 0.2) is 0 Å². The molecule has 0 amide bonds. The monoisotopic (exact) mass is 436 g/mol. The molecular weight excluding hydrogens is 407 g/mol. The molecule has 0 bridgehead atoms. The van der Waals surface area contributed by atoms with Crippen LogP contribution in [0.4, 0.5) is 4.39 Å². The molecule has 1 fully saturated rings. The van der Waals surface area contributed by atoms with E-state index in [1.165, 1.54) is 10.4 Å². The molecule has 1 aromatic carbocycles. The van der Waals surface area contributed by atoms with Gasteiger partial charge in [-0.1, -0.05) is 19.1 Å². The first-order valence-electron chi connectivity index (χ1n) is 10.2. The molecule has 2 heterocycles. The van der Waals surface area contributed by atoms with E-state index in [0.717, 1.165) is 17.5 Å². The van der Waals surface area contributed by atoms with Gasteiger partial charge in [-0.25, -0.2) is 12.8 Å². The molecule has 1 N–H and O–H groups in total. The van der Waals surface area contributed by atoms with E-state index in [4.69, 9.17) is 4.74 Å². The fourth-order valence-electron chi connectivity index (χ4n) is 3.74. The van der Waals surface area contributed by atoms with Gasteiger partial charge in [-0.3, -0.25) is 9.97 Å². The highest BCUT2D eigenvalue weighted by atomic mass is 32.2. The Balaban J connectivity index is 1.83. The van der Waals surface area contributed by atoms with Crippen molar-refractivity contribution in [2.45, 2.75) is 44.8 Å². The molecule has 2 aromatic rings. The smallest absolute Gasteiger partial charge is 0.211 e. The van der Waals surface area contributed by atoms with Crippen LogP contribution in [0.2, 0.25) is 0 Å². The molecule has 0 atom stereocenters. The summed E-state index contributed by atoms with van der Waals surface area (Å²) in [6.45, 7) is 3.96. The van der Waals surface area contributed by atoms with E-state index in [0.29, 0.717) is 51.1 Å². The first-order chi connectivity index (χ1) is 14.3. The maximum Gasteiger partial charge on any atom is 0.211 e. The third-order valence-corrected chi connectivity index (χ3v) is 6.71. The number of sulfonamides is 1. The average Bonchev–Trinajstić information content (AvgIpc) is 2.74. The van der Waals surface area contributed by atoms with E-state index < -0.39 is 21.4 Å². The van der Waals surface area contributed by atoms with Crippen LogP contribution < -0.4 is 5.32 Å². The Morgan fingerprint density at radius 2 is 2.03 bits per heavy atom. The lowest BCUT2D eigenvalue weighted by molar-refractivity contribution is 0.0355. The van der Waals surface area contributed by atoms with Crippen molar-refractivity contribution in [2.75, 3.05) is 26.0 Å². The number of hydrogen-bond acceptors (Lipinski definition) is 6. The van der Waals surface area contributed by atoms with Crippen LogP contribution >= 0.6 is 0 Å². The Bertz CT molecular complexity index is 935. The standard InChI is InChI=1S/C21H29FN4O3S/c1-3-10-26(30(2,27)28)16-17-4-5-18(13-20(17)22)21(6-11-29-12-7-21)25-15-19-14-23-8-9-24-19/h4-5,8-9,13-14,25H,3,6-7,10-12,15-16H2,1-2H3. The number of hydrogen-bond donors (Lipinski definition) is 1. The van der Waals surface area contributed by atoms with E-state index in [2.05, 4.69) is 15.3 Å². The number of nitrogens with one attached hydrogen (secondary N) is 1. The molecule has 1 aromatic heterocycles. The van der Waals surface area contributed by atoms with Gasteiger partial charge in [0.25, 0.3) is 0 Å². The molecule has 0 saturated carbocycles. The topological polar surface area (TPSA) is 84.4 Å². The maximum absolute atomic E-state index is 15.0. The quantitative estimate of drug-likeness (QED) is 0.650. The number of nitrogens with zero attached hydrogens (tertiary/aromatic N) is 3. The molecule has 30 heavy (non-hydrogen) atoms. The van der Waals surface area contributed by atoms with E-state index >= 15 is 4.39 Å². The van der Waals surface area contributed by atoms with Crippen LogP contribution in [0.3, 0.4) is 0 Å². The molecular formula is C21H29FN4O3S. The molecule has 0 unspecified atom stereocenters. The van der Waals surface area contributed by atoms with Gasteiger partial charge < -0.3 is 10.1 Å². The lowest BCUT2D eigenvalue weighted by Crippen LogP contribution is -2.46. The highest BCUT2D eigenvalue weighted by Crippen LogP contribution is 2.33. The summed E-state index contributed by atoms with van der Waals surface area (Å²) in [5, 5.41) is 3.54. The Morgan fingerprint density at radius 3 is 2.63 bits per heavy atom. The van der Waals surface area contributed by atoms with Crippen molar-refractivity contribution in [2.24, 2.45) is 0 Å². The molecule has 7 nitrogen and oxygen atoms in total. The molecule has 0 aliphatic carbocycles. The van der Waals surface area contributed by atoms with Crippen molar-refractivity contribution < 1.29 is 17.5 Å². The van der Waals surface area contributed by atoms with Crippen molar-refractivity contribution >= 4 is 10.0 Å². The zero-order valence-electron chi connectivity index (χ0n) is 17.5. The predicted octanol–water partition coefficient (Wildman–Crippen LogP) is 2.58. The van der Waals surface area contributed by atoms with Crippen LogP contribution in [0.1, 0.15) is 43.0 Å². The fourth-order valence-corrected chi connectivity index (χ4v) is 4.63. The van der Waals surface area contributed by atoms with Gasteiger partial charge in [0, 0.05) is 62.5 Å². The first-order valence-corrected chi connectivity index (χ1v) is 12.0. The predicted molar refractivity (Wildman–Crippen MR) is 113 cm³/mol. The van der Waals surface area contributed by atoms with Crippen molar-refractivity contribution in [3.63, 3.8) is 0 Å². The Morgan fingerprint density at radius 1 is 1.27 bits per heavy atom. The van der Waals surface area contributed by atoms with Gasteiger partial charge >= 0.3 is 0 Å². The second-order valence-electron chi connectivity index (χ2n) is 7.65. The molecule has 3 rings (SSSR count). The van der Waals surface area contributed by atoms with Gasteiger partial charge in [-0.05, 0) is 30.9 Å². The van der Waals surface area contributed by atoms with Gasteiger partial charge in [-0.2, -0.15) is 4.31 Å². The van der Waals surface area contributed by atoms with Gasteiger partial charge in [0.1, 0.15) is 5.82 Å². The molecule has 0 radical (unpaired) electrons. The number of benzene rings is 1. The van der Waals surface area contributed by atoms with Crippen molar-refractivity contribution in [1.82, 2.24) is 19.6 Å². The summed E-state index contributed by atoms with van der Waals surface area (Å²) < 4.78 is 45.8. The average molecular weight is 437 g/mol. The lowest BCUT2D eigenvalue weighted by atomic mass is 9.82. The summed E-state index contributed by atoms with van der Waals surface area (Å²) in [5.41, 5.74) is 1.57. The van der Waals surface area contributed by atoms with E-state index in [9.17, 15) is 8.42 Å². The Labute approximate surface area is 177 Å². The van der Waals surface area contributed by atoms with Crippen LogP contribution in [0.5, 0.6) is 0 Å². The zero-order chi connectivity index (χ0) is 21.6. The summed E-state index contributed by atoms with van der Waals surface area (Å²) in [7, 11) is -3.40. The second-order valence-corrected chi connectivity index (χ2v) is 9.63. The summed E-state index contributed by atoms with van der Waals surface area (Å²) in [6.07, 6.45) is 8.21. The van der Waals surface area contributed by atoms with Gasteiger partial charge in [0.2, 0.25) is 10.0 Å². The van der Waals surface area contributed by atoms with Crippen LogP contribution in [0.25, 0.3) is 0 Å². The minimum Gasteiger partial charge on any atom is -0.381 e. The molecule has 0 spiro atoms. The Hall–Kier alpha value is -1.94. The largest absolute Gasteiger partial charge is 0.381 e. The number of rotatable bonds is 9. The van der Waals surface area contributed by atoms with Crippen LogP contribution in [0.15, 0.2) is 36.8 Å². The first kappa shape index (κ1) is 22.7. The number of aromatic nitrogens is 2. The molecule has 1 saturated heterocycles. The van der Waals surface area contributed by atoms with Crippen LogP contribution in [-0.2, 0) is 33.4 Å². The Kier molecular flexibility index (Phi) is 7.51. The minimum atomic E-state index is -3.40. The molecule has 1 aliphatic heterocycles. The normalized spacial score (nSPS) is 16.7. The van der Waals surface area contributed by atoms with E-state index in [-0.39, 0.29) is 6.54 Å². The summed E-state index contributed by atoms with van der Waals surface area (Å²) >= 11 is 0. The highest BCUT2D eigenvalue weighted by Gasteiger charge is 2.34. The van der Waals surface area contributed by atoms with Crippen LogP contribution in [0, 0.1) is 5.82 Å². The van der Waals surface area contributed by atoms with E-state index in [1.54, 1.807) is 24.7 Å². The molecule has 164 valence electrons. The van der Waals surface area contributed by atoms with Crippen molar-refractivity contribution in [3.05, 3.63) is 59.4 Å². The van der Waals surface area contributed by atoms with E-state index in [1.807, 2.05) is 13.0 Å². The zero-order valence-corrected chi connectivity index (χ0v) is 18.3. The highest BCUT2D eigenvalue weighted by molar-refractivity contribution is 7.88. The van der Waals surface area contributed by atoms with Gasteiger partial charge in [-0.15, -0.1) is 0 Å². The maximum atomic E-state index is 15.0. The third kappa shape index (κ3) is 5.60. The minimum absolute atomic E-state index is 0.0297. The molecule has 1 aliphatic rings. The second kappa shape index (κ2) is 9.91.